The molecule has 0 spiro atoms. The Labute approximate surface area is 109 Å². The van der Waals surface area contributed by atoms with Crippen LogP contribution in [0.4, 0.5) is 0 Å². The largest absolute Gasteiger partial charge is 0.493 e. The normalized spacial score (nSPS) is 12.5. The Balaban J connectivity index is 0.000000218. The minimum absolute atomic E-state index is 0.208. The van der Waals surface area contributed by atoms with E-state index in [1.54, 1.807) is 18.2 Å². The van der Waals surface area contributed by atoms with Crippen LogP contribution >= 0.6 is 0 Å². The highest BCUT2D eigenvalue weighted by molar-refractivity contribution is 6.12. The highest BCUT2D eigenvalue weighted by atomic mass is 16.5. The fraction of sp³-hybridized carbons (Fsp3) is 0.154. The predicted molar refractivity (Wildman–Crippen MR) is 66.9 cm³/mol. The summed E-state index contributed by atoms with van der Waals surface area (Å²) in [5.41, 5.74) is 0.208. The van der Waals surface area contributed by atoms with Gasteiger partial charge in [0.1, 0.15) is 11.3 Å². The van der Waals surface area contributed by atoms with E-state index in [2.05, 4.69) is 0 Å². The fourth-order valence-electron chi connectivity index (χ4n) is 1.28. The van der Waals surface area contributed by atoms with Gasteiger partial charge < -0.3 is 9.84 Å². The van der Waals surface area contributed by atoms with Crippen LogP contribution in [-0.2, 0) is 9.59 Å². The molecule has 0 aliphatic carbocycles. The number of nitrogens with one attached hydrogen (secondary N) is 1. The second-order valence-electron chi connectivity index (χ2n) is 3.42. The molecule has 1 aromatic rings. The summed E-state index contributed by atoms with van der Waals surface area (Å²) in [4.78, 5) is 30.7. The van der Waals surface area contributed by atoms with Crippen LogP contribution in [0.5, 0.6) is 5.75 Å². The molecular formula is C13H13NO5. The van der Waals surface area contributed by atoms with Gasteiger partial charge in [0.25, 0.3) is 11.8 Å². The van der Waals surface area contributed by atoms with Crippen LogP contribution in [0.3, 0.4) is 0 Å². The van der Waals surface area contributed by atoms with Gasteiger partial charge >= 0.3 is 5.97 Å². The van der Waals surface area contributed by atoms with Crippen molar-refractivity contribution >= 4 is 17.8 Å². The molecule has 1 aliphatic rings. The van der Waals surface area contributed by atoms with Crippen molar-refractivity contribution in [1.82, 2.24) is 5.32 Å². The topological polar surface area (TPSA) is 92.7 Å². The van der Waals surface area contributed by atoms with Gasteiger partial charge in [0, 0.05) is 12.2 Å². The smallest absolute Gasteiger partial charge is 0.339 e. The summed E-state index contributed by atoms with van der Waals surface area (Å²) in [6.45, 7) is 2.29. The second-order valence-corrected chi connectivity index (χ2v) is 3.42. The molecule has 0 saturated carbocycles. The van der Waals surface area contributed by atoms with E-state index < -0.39 is 5.97 Å². The molecule has 2 rings (SSSR count). The first-order chi connectivity index (χ1) is 9.04. The maximum absolute atomic E-state index is 10.6. The first-order valence-corrected chi connectivity index (χ1v) is 5.52. The van der Waals surface area contributed by atoms with Gasteiger partial charge in [0.15, 0.2) is 0 Å². The lowest BCUT2D eigenvalue weighted by molar-refractivity contribution is -0.123. The van der Waals surface area contributed by atoms with Gasteiger partial charge in [-0.2, -0.15) is 0 Å². The summed E-state index contributed by atoms with van der Waals surface area (Å²) >= 11 is 0. The third-order valence-electron chi connectivity index (χ3n) is 2.05. The second kappa shape index (κ2) is 6.95. The number of ether oxygens (including phenoxy) is 1. The molecule has 2 N–H and O–H groups in total. The van der Waals surface area contributed by atoms with Crippen LogP contribution in [0.1, 0.15) is 17.3 Å². The number of para-hydroxylation sites is 1. The van der Waals surface area contributed by atoms with Crippen molar-refractivity contribution in [2.24, 2.45) is 0 Å². The number of carboxylic acid groups (broad SMARTS) is 1. The summed E-state index contributed by atoms with van der Waals surface area (Å²) in [5.74, 6) is -1.19. The molecule has 0 atom stereocenters. The predicted octanol–water partition coefficient (Wildman–Crippen LogP) is 0.982. The van der Waals surface area contributed by atoms with Crippen molar-refractivity contribution in [3.8, 4) is 5.75 Å². The maximum Gasteiger partial charge on any atom is 0.339 e. The summed E-state index contributed by atoms with van der Waals surface area (Å²) in [6, 6.07) is 6.59. The van der Waals surface area contributed by atoms with E-state index in [9.17, 15) is 14.4 Å². The van der Waals surface area contributed by atoms with Crippen LogP contribution in [0.25, 0.3) is 0 Å². The molecule has 0 fully saturated rings. The highest BCUT2D eigenvalue weighted by Crippen LogP contribution is 2.17. The number of hydrogen-bond acceptors (Lipinski definition) is 4. The number of benzene rings is 1. The third kappa shape index (κ3) is 4.63. The Hall–Kier alpha value is -2.63. The Kier molecular flexibility index (Phi) is 5.28. The average molecular weight is 263 g/mol. The molecule has 1 heterocycles. The number of hydrogen-bond donors (Lipinski definition) is 2. The van der Waals surface area contributed by atoms with Gasteiger partial charge in [-0.05, 0) is 19.1 Å². The standard InChI is InChI=1S/C9H10O3.C4H3NO2/c1-2-12-8-6-4-3-5-7(8)9(10)11;6-3-1-2-4(7)5-3/h3-6H,2H2,1H3,(H,10,11);1-2H,(H,5,6,7). The van der Waals surface area contributed by atoms with Crippen molar-refractivity contribution in [2.75, 3.05) is 6.61 Å². The molecule has 0 radical (unpaired) electrons. The van der Waals surface area contributed by atoms with Crippen molar-refractivity contribution in [3.63, 3.8) is 0 Å². The molecule has 0 unspecified atom stereocenters. The first kappa shape index (κ1) is 14.4. The molecule has 100 valence electrons. The molecule has 1 aliphatic heterocycles. The van der Waals surface area contributed by atoms with Gasteiger partial charge in [0.2, 0.25) is 0 Å². The molecule has 6 heteroatoms. The van der Waals surface area contributed by atoms with E-state index in [1.807, 2.05) is 12.2 Å². The molecule has 6 nitrogen and oxygen atoms in total. The summed E-state index contributed by atoms with van der Waals surface area (Å²) in [7, 11) is 0. The minimum atomic E-state index is -0.959. The van der Waals surface area contributed by atoms with Crippen LogP contribution < -0.4 is 10.1 Å². The lowest BCUT2D eigenvalue weighted by Gasteiger charge is -2.05. The quantitative estimate of drug-likeness (QED) is 0.793. The van der Waals surface area contributed by atoms with Gasteiger partial charge in [0.05, 0.1) is 6.61 Å². The summed E-state index contributed by atoms with van der Waals surface area (Å²) < 4.78 is 5.12. The zero-order valence-electron chi connectivity index (χ0n) is 10.3. The summed E-state index contributed by atoms with van der Waals surface area (Å²) in [6.07, 6.45) is 2.39. The van der Waals surface area contributed by atoms with Gasteiger partial charge in [-0.1, -0.05) is 12.1 Å². The average Bonchev–Trinajstić information content (AvgIpc) is 2.75. The Morgan fingerprint density at radius 2 is 1.79 bits per heavy atom. The van der Waals surface area contributed by atoms with E-state index in [0.29, 0.717) is 12.4 Å². The Morgan fingerprint density at radius 1 is 1.21 bits per heavy atom. The van der Waals surface area contributed by atoms with E-state index in [0.717, 1.165) is 0 Å². The van der Waals surface area contributed by atoms with E-state index in [-0.39, 0.29) is 17.4 Å². The number of imide groups is 1. The number of rotatable bonds is 3. The lowest BCUT2D eigenvalue weighted by Crippen LogP contribution is -2.19. The van der Waals surface area contributed by atoms with Crippen molar-refractivity contribution in [2.45, 2.75) is 6.92 Å². The first-order valence-electron chi connectivity index (χ1n) is 5.52. The lowest BCUT2D eigenvalue weighted by atomic mass is 10.2. The number of carboxylic acids is 1. The number of carbonyl (C=O) groups excluding carboxylic acids is 2. The van der Waals surface area contributed by atoms with E-state index in [4.69, 9.17) is 9.84 Å². The summed E-state index contributed by atoms with van der Waals surface area (Å²) in [5, 5.41) is 10.7. The maximum atomic E-state index is 10.6. The number of aromatic carboxylic acids is 1. The monoisotopic (exact) mass is 263 g/mol. The van der Waals surface area contributed by atoms with Gasteiger partial charge in [-0.3, -0.25) is 14.9 Å². The van der Waals surface area contributed by atoms with Crippen LogP contribution in [0.15, 0.2) is 36.4 Å². The fourth-order valence-corrected chi connectivity index (χ4v) is 1.28. The molecule has 0 saturated heterocycles. The molecule has 1 aromatic carbocycles. The molecular weight excluding hydrogens is 250 g/mol. The van der Waals surface area contributed by atoms with Crippen LogP contribution in [-0.4, -0.2) is 29.5 Å². The van der Waals surface area contributed by atoms with Crippen molar-refractivity contribution < 1.29 is 24.2 Å². The molecule has 2 amide bonds. The van der Waals surface area contributed by atoms with Gasteiger partial charge in [-0.15, -0.1) is 0 Å². The number of carbonyl (C=O) groups is 3. The zero-order chi connectivity index (χ0) is 14.3. The van der Waals surface area contributed by atoms with E-state index in [1.165, 1.54) is 18.2 Å². The third-order valence-corrected chi connectivity index (χ3v) is 2.05. The Morgan fingerprint density at radius 3 is 2.21 bits per heavy atom. The highest BCUT2D eigenvalue weighted by Gasteiger charge is 2.08. The van der Waals surface area contributed by atoms with Gasteiger partial charge in [-0.25, -0.2) is 4.79 Å². The SMILES string of the molecule is CCOc1ccccc1C(=O)O.O=C1C=CC(=O)N1. The molecule has 0 bridgehead atoms. The zero-order valence-corrected chi connectivity index (χ0v) is 10.3. The van der Waals surface area contributed by atoms with Crippen LogP contribution in [0.2, 0.25) is 0 Å². The van der Waals surface area contributed by atoms with E-state index >= 15 is 0 Å². The Bertz CT molecular complexity index is 506. The van der Waals surface area contributed by atoms with Crippen LogP contribution in [0, 0.1) is 0 Å². The molecule has 0 aromatic heterocycles. The van der Waals surface area contributed by atoms with Crippen molar-refractivity contribution in [1.29, 1.82) is 0 Å². The van der Waals surface area contributed by atoms with Crippen molar-refractivity contribution in [3.05, 3.63) is 42.0 Å². The molecule has 19 heavy (non-hydrogen) atoms. The number of amides is 2. The minimum Gasteiger partial charge on any atom is -0.493 e.